The van der Waals surface area contributed by atoms with Crippen molar-refractivity contribution in [3.63, 3.8) is 0 Å². The Morgan fingerprint density at radius 2 is 1.45 bits per heavy atom. The fourth-order valence-corrected chi connectivity index (χ4v) is 1.85. The zero-order valence-corrected chi connectivity index (χ0v) is 19.7. The highest BCUT2D eigenvalue weighted by molar-refractivity contribution is 8.06. The molecule has 174 valence electrons. The van der Waals surface area contributed by atoms with Crippen LogP contribution in [0.1, 0.15) is 14.9 Å². The summed E-state index contributed by atoms with van der Waals surface area (Å²) in [5.41, 5.74) is 0.582. The van der Waals surface area contributed by atoms with E-state index in [0.717, 1.165) is 0 Å². The van der Waals surface area contributed by atoms with E-state index in [0.29, 0.717) is 10.7 Å². The third-order valence-electron chi connectivity index (χ3n) is 1.84. The van der Waals surface area contributed by atoms with E-state index in [1.807, 2.05) is 0 Å². The predicted octanol–water partition coefficient (Wildman–Crippen LogP) is 3.82. The Bertz CT molecular complexity index is 665. The second kappa shape index (κ2) is 16.4. The summed E-state index contributed by atoms with van der Waals surface area (Å²) < 4.78 is -1.50. The van der Waals surface area contributed by atoms with Crippen molar-refractivity contribution < 1.29 is 34.2 Å². The summed E-state index contributed by atoms with van der Waals surface area (Å²) in [6, 6.07) is 6.41. The van der Waals surface area contributed by atoms with Crippen LogP contribution >= 0.6 is 59.8 Å². The largest absolute Gasteiger partial charge is 0.325 e. The molecular formula is C12H24Cl4N2O7P2S2. The van der Waals surface area contributed by atoms with Crippen LogP contribution in [0, 0.1) is 0 Å². The number of rotatable bonds is 2. The van der Waals surface area contributed by atoms with Crippen molar-refractivity contribution in [2.45, 2.75) is 18.6 Å². The average molecular weight is 576 g/mol. The van der Waals surface area contributed by atoms with E-state index >= 15 is 0 Å². The summed E-state index contributed by atoms with van der Waals surface area (Å²) in [6.45, 7) is -7.62. The summed E-state index contributed by atoms with van der Waals surface area (Å²) in [7, 11) is 1.53. The van der Waals surface area contributed by atoms with Gasteiger partial charge in [-0.25, -0.2) is 4.79 Å². The molecule has 0 saturated heterocycles. The molecule has 1 aromatic carbocycles. The monoisotopic (exact) mass is 574 g/mol. The molecule has 0 fully saturated rings. The topological polar surface area (TPSA) is 154 Å². The maximum Gasteiger partial charge on any atom is 0.321 e. The van der Waals surface area contributed by atoms with Crippen LogP contribution in [-0.4, -0.2) is 57.7 Å². The Hall–Kier alpha value is 0.710. The molecule has 1 rings (SSSR count). The van der Waals surface area contributed by atoms with E-state index in [1.165, 1.54) is 11.9 Å². The molecule has 0 unspecified atom stereocenters. The molecule has 0 aliphatic rings. The summed E-state index contributed by atoms with van der Waals surface area (Å²) in [5.74, 6) is 0. The lowest BCUT2D eigenvalue weighted by molar-refractivity contribution is 0.223. The Labute approximate surface area is 200 Å². The lowest BCUT2D eigenvalue weighted by Crippen LogP contribution is -2.37. The quantitative estimate of drug-likeness (QED) is 0.206. The van der Waals surface area contributed by atoms with Gasteiger partial charge in [-0.3, -0.25) is 0 Å². The molecule has 0 spiro atoms. The molecule has 0 bridgehead atoms. The first kappa shape index (κ1) is 37.0. The Balaban J connectivity index is -0.000000219. The molecule has 0 atom stereocenters. The second-order valence-corrected chi connectivity index (χ2v) is 12.4. The molecule has 0 heterocycles. The highest BCUT2D eigenvalue weighted by Gasteiger charge is 2.24. The van der Waals surface area contributed by atoms with Gasteiger partial charge in [0.2, 0.25) is 3.79 Å². The molecule has 0 aromatic heterocycles. The van der Waals surface area contributed by atoms with Gasteiger partial charge in [0.1, 0.15) is 0 Å². The second-order valence-electron chi connectivity index (χ2n) is 4.44. The molecule has 0 aliphatic carbocycles. The fraction of sp³-hybridized carbons (Fsp3) is 0.417. The first-order valence-corrected chi connectivity index (χ1v) is 13.0. The molecular weight excluding hydrogens is 552 g/mol. The van der Waals surface area contributed by atoms with Gasteiger partial charge in [-0.15, -0.1) is 0 Å². The van der Waals surface area contributed by atoms with Crippen LogP contribution in [0.3, 0.4) is 0 Å². The standard InChI is InChI=1S/C10H10Cl4N2O.2CH4.2H3O3PS/c1-16(6-10(12,13)14)9(17)15-8-4-2-3-7(11)5-8;;;2*1-4(2,3)5/h2-5H,6H2,1H3,(H,15,17);2*1H4;2*(H3,1,2,3,5). The first-order valence-electron chi connectivity index (χ1n) is 6.19. The van der Waals surface area contributed by atoms with Crippen LogP contribution in [0.4, 0.5) is 10.5 Å². The first-order chi connectivity index (χ1) is 11.8. The number of nitrogens with zero attached hydrogens (tertiary/aromatic N) is 1. The molecule has 2 amide bonds. The molecule has 29 heavy (non-hydrogen) atoms. The number of carbonyl (C=O) groups is 1. The van der Waals surface area contributed by atoms with Crippen molar-refractivity contribution in [3.8, 4) is 0 Å². The van der Waals surface area contributed by atoms with E-state index < -0.39 is 17.2 Å². The van der Waals surface area contributed by atoms with Crippen LogP contribution in [-0.2, 0) is 23.6 Å². The van der Waals surface area contributed by atoms with E-state index in [-0.39, 0.29) is 27.4 Å². The smallest absolute Gasteiger partial charge is 0.321 e. The van der Waals surface area contributed by atoms with Gasteiger partial charge in [0.05, 0.1) is 6.54 Å². The number of halogens is 4. The lowest BCUT2D eigenvalue weighted by Gasteiger charge is -2.22. The number of hydrogen-bond donors (Lipinski definition) is 7. The van der Waals surface area contributed by atoms with E-state index in [1.54, 1.807) is 24.3 Å². The summed E-state index contributed by atoms with van der Waals surface area (Å²) in [5, 5.41) is 3.17. The SMILES string of the molecule is C.C.CN(CC(Cl)(Cl)Cl)C(=O)Nc1cccc(Cl)c1.OP(O)(O)=S.OP(O)(O)=S. The third-order valence-corrected chi connectivity index (χ3v) is 2.43. The minimum absolute atomic E-state index is 0. The summed E-state index contributed by atoms with van der Waals surface area (Å²) in [6.07, 6.45) is 0. The van der Waals surface area contributed by atoms with Gasteiger partial charge < -0.3 is 39.6 Å². The minimum Gasteiger partial charge on any atom is -0.325 e. The van der Waals surface area contributed by atoms with Crippen molar-refractivity contribution in [1.82, 2.24) is 4.90 Å². The molecule has 7 N–H and O–H groups in total. The average Bonchev–Trinajstić information content (AvgIpc) is 2.32. The zero-order valence-electron chi connectivity index (χ0n) is 13.3. The highest BCUT2D eigenvalue weighted by Crippen LogP contribution is 2.27. The predicted molar refractivity (Wildman–Crippen MR) is 129 cm³/mol. The van der Waals surface area contributed by atoms with E-state index in [4.69, 9.17) is 75.8 Å². The Kier molecular flexibility index (Phi) is 20.9. The summed E-state index contributed by atoms with van der Waals surface area (Å²) >= 11 is 29.8. The van der Waals surface area contributed by atoms with Crippen molar-refractivity contribution in [1.29, 1.82) is 0 Å². The number of nitrogens with one attached hydrogen (secondary N) is 1. The number of carbonyl (C=O) groups excluding carboxylic acids is 1. The van der Waals surface area contributed by atoms with Gasteiger partial charge in [0.25, 0.3) is 0 Å². The van der Waals surface area contributed by atoms with Crippen molar-refractivity contribution in [2.75, 3.05) is 18.9 Å². The van der Waals surface area contributed by atoms with Gasteiger partial charge in [-0.2, -0.15) is 0 Å². The number of urea groups is 1. The number of amides is 2. The summed E-state index contributed by atoms with van der Waals surface area (Å²) in [4.78, 5) is 58.3. The minimum atomic E-state index is -3.81. The normalized spacial score (nSPS) is 10.6. The molecule has 9 nitrogen and oxygen atoms in total. The van der Waals surface area contributed by atoms with E-state index in [2.05, 4.69) is 28.9 Å². The van der Waals surface area contributed by atoms with Crippen LogP contribution in [0.5, 0.6) is 0 Å². The maximum absolute atomic E-state index is 11.7. The van der Waals surface area contributed by atoms with Gasteiger partial charge in [0.15, 0.2) is 0 Å². The van der Waals surface area contributed by atoms with Gasteiger partial charge >= 0.3 is 19.5 Å². The number of benzene rings is 1. The molecule has 1 aromatic rings. The number of alkyl halides is 3. The molecule has 17 heteroatoms. The Morgan fingerprint density at radius 1 is 1.07 bits per heavy atom. The van der Waals surface area contributed by atoms with Crippen LogP contribution in [0.25, 0.3) is 0 Å². The lowest BCUT2D eigenvalue weighted by atomic mass is 10.3. The highest BCUT2D eigenvalue weighted by atomic mass is 35.6. The van der Waals surface area contributed by atoms with Crippen molar-refractivity contribution >= 4 is 95.2 Å². The van der Waals surface area contributed by atoms with Gasteiger partial charge in [-0.05, 0) is 41.8 Å². The van der Waals surface area contributed by atoms with Crippen LogP contribution in [0.2, 0.25) is 5.02 Å². The number of anilines is 1. The van der Waals surface area contributed by atoms with Crippen molar-refractivity contribution in [3.05, 3.63) is 29.3 Å². The Morgan fingerprint density at radius 3 is 1.76 bits per heavy atom. The van der Waals surface area contributed by atoms with Crippen molar-refractivity contribution in [2.24, 2.45) is 0 Å². The van der Waals surface area contributed by atoms with Crippen LogP contribution in [0.15, 0.2) is 24.3 Å². The van der Waals surface area contributed by atoms with Gasteiger partial charge in [0, 0.05) is 17.8 Å². The number of hydrogen-bond acceptors (Lipinski definition) is 3. The van der Waals surface area contributed by atoms with Crippen LogP contribution < -0.4 is 5.32 Å². The van der Waals surface area contributed by atoms with Gasteiger partial charge in [-0.1, -0.05) is 67.3 Å². The molecule has 0 saturated carbocycles. The maximum atomic E-state index is 11.7. The zero-order chi connectivity index (χ0) is 22.1. The molecule has 0 aliphatic heterocycles. The third kappa shape index (κ3) is 36.4. The fourth-order valence-electron chi connectivity index (χ4n) is 1.13. The van der Waals surface area contributed by atoms with E-state index in [9.17, 15) is 4.79 Å². The molecule has 0 radical (unpaired) electrons.